The first-order valence-electron chi connectivity index (χ1n) is 4.81. The standard InChI is InChI=1S/C12H12ClNO2/c1-3-7-14(4-2)12(16)10-8-9(15)5-6-11(10)13/h1,5-6,8,15H,4,7H2,2H3. The molecule has 0 radical (unpaired) electrons. The fourth-order valence-electron chi connectivity index (χ4n) is 1.28. The molecule has 1 aromatic rings. The maximum absolute atomic E-state index is 12.0. The van der Waals surface area contributed by atoms with Gasteiger partial charge >= 0.3 is 0 Å². The summed E-state index contributed by atoms with van der Waals surface area (Å²) in [6, 6.07) is 4.24. The fraction of sp³-hybridized carbons (Fsp3) is 0.250. The average Bonchev–Trinajstić information content (AvgIpc) is 2.28. The summed E-state index contributed by atoms with van der Waals surface area (Å²) in [5.74, 6) is 2.13. The van der Waals surface area contributed by atoms with Crippen molar-refractivity contribution in [3.63, 3.8) is 0 Å². The zero-order chi connectivity index (χ0) is 12.1. The minimum Gasteiger partial charge on any atom is -0.508 e. The highest BCUT2D eigenvalue weighted by Gasteiger charge is 2.16. The molecule has 0 aliphatic heterocycles. The molecular formula is C12H12ClNO2. The van der Waals surface area contributed by atoms with Crippen LogP contribution < -0.4 is 0 Å². The van der Waals surface area contributed by atoms with Crippen molar-refractivity contribution >= 4 is 17.5 Å². The lowest BCUT2D eigenvalue weighted by Gasteiger charge is -2.18. The quantitative estimate of drug-likeness (QED) is 0.819. The smallest absolute Gasteiger partial charge is 0.256 e. The summed E-state index contributed by atoms with van der Waals surface area (Å²) in [6.45, 7) is 2.54. The molecule has 0 aromatic heterocycles. The summed E-state index contributed by atoms with van der Waals surface area (Å²) in [5.41, 5.74) is 0.263. The van der Waals surface area contributed by atoms with E-state index in [2.05, 4.69) is 5.92 Å². The van der Waals surface area contributed by atoms with E-state index in [1.54, 1.807) is 0 Å². The van der Waals surface area contributed by atoms with E-state index in [4.69, 9.17) is 18.0 Å². The lowest BCUT2D eigenvalue weighted by molar-refractivity contribution is 0.0784. The van der Waals surface area contributed by atoms with Gasteiger partial charge in [0.05, 0.1) is 17.1 Å². The second-order valence-electron chi connectivity index (χ2n) is 3.19. The Morgan fingerprint density at radius 1 is 1.62 bits per heavy atom. The molecule has 0 aliphatic rings. The summed E-state index contributed by atoms with van der Waals surface area (Å²) in [7, 11) is 0. The Balaban J connectivity index is 3.03. The van der Waals surface area contributed by atoms with E-state index in [-0.39, 0.29) is 23.8 Å². The maximum Gasteiger partial charge on any atom is 0.256 e. The monoisotopic (exact) mass is 237 g/mol. The minimum absolute atomic E-state index is 0.00418. The summed E-state index contributed by atoms with van der Waals surface area (Å²) in [6.07, 6.45) is 5.16. The molecule has 1 N–H and O–H groups in total. The van der Waals surface area contributed by atoms with Gasteiger partial charge in [0.2, 0.25) is 0 Å². The second kappa shape index (κ2) is 5.43. The Morgan fingerprint density at radius 2 is 2.31 bits per heavy atom. The number of aromatic hydroxyl groups is 1. The van der Waals surface area contributed by atoms with Gasteiger partial charge in [-0.25, -0.2) is 0 Å². The van der Waals surface area contributed by atoms with E-state index in [0.29, 0.717) is 11.6 Å². The van der Waals surface area contributed by atoms with Crippen molar-refractivity contribution in [2.24, 2.45) is 0 Å². The molecular weight excluding hydrogens is 226 g/mol. The van der Waals surface area contributed by atoms with Crippen LogP contribution in [0.5, 0.6) is 5.75 Å². The highest BCUT2D eigenvalue weighted by Crippen LogP contribution is 2.22. The molecule has 0 heterocycles. The number of rotatable bonds is 3. The minimum atomic E-state index is -0.277. The number of phenols is 1. The predicted molar refractivity (Wildman–Crippen MR) is 63.5 cm³/mol. The first-order chi connectivity index (χ1) is 7.60. The molecule has 0 saturated carbocycles. The van der Waals surface area contributed by atoms with Gasteiger partial charge in [-0.3, -0.25) is 4.79 Å². The van der Waals surface area contributed by atoms with Gasteiger partial charge in [0.25, 0.3) is 5.91 Å². The van der Waals surface area contributed by atoms with Crippen molar-refractivity contribution in [3.8, 4) is 18.1 Å². The third-order valence-electron chi connectivity index (χ3n) is 2.13. The average molecular weight is 238 g/mol. The Hall–Kier alpha value is -1.66. The number of terminal acetylenes is 1. The van der Waals surface area contributed by atoms with Crippen molar-refractivity contribution in [1.29, 1.82) is 0 Å². The van der Waals surface area contributed by atoms with E-state index in [9.17, 15) is 9.90 Å². The van der Waals surface area contributed by atoms with Crippen LogP contribution in [0, 0.1) is 12.3 Å². The number of hydrogen-bond acceptors (Lipinski definition) is 2. The molecule has 0 atom stereocenters. The van der Waals surface area contributed by atoms with Crippen LogP contribution in [0.4, 0.5) is 0 Å². The van der Waals surface area contributed by atoms with Crippen molar-refractivity contribution in [2.45, 2.75) is 6.92 Å². The van der Waals surface area contributed by atoms with Crippen LogP contribution in [0.15, 0.2) is 18.2 Å². The highest BCUT2D eigenvalue weighted by molar-refractivity contribution is 6.33. The number of carbonyl (C=O) groups is 1. The fourth-order valence-corrected chi connectivity index (χ4v) is 1.48. The maximum atomic E-state index is 12.0. The van der Waals surface area contributed by atoms with Crippen LogP contribution in [-0.4, -0.2) is 29.0 Å². The first kappa shape index (κ1) is 12.4. The van der Waals surface area contributed by atoms with Crippen molar-refractivity contribution in [3.05, 3.63) is 28.8 Å². The van der Waals surface area contributed by atoms with Crippen molar-refractivity contribution < 1.29 is 9.90 Å². The molecule has 1 amide bonds. The van der Waals surface area contributed by atoms with Crippen LogP contribution >= 0.6 is 11.6 Å². The number of hydrogen-bond donors (Lipinski definition) is 1. The SMILES string of the molecule is C#CCN(CC)C(=O)c1cc(O)ccc1Cl. The van der Waals surface area contributed by atoms with Crippen LogP contribution in [0.2, 0.25) is 5.02 Å². The Labute approximate surface area is 99.6 Å². The predicted octanol–water partition coefficient (Wildman–Crippen LogP) is 2.14. The number of nitrogens with zero attached hydrogens (tertiary/aromatic N) is 1. The van der Waals surface area contributed by atoms with Crippen molar-refractivity contribution in [1.82, 2.24) is 4.90 Å². The Bertz CT molecular complexity index is 437. The van der Waals surface area contributed by atoms with Gasteiger partial charge in [-0.05, 0) is 25.1 Å². The molecule has 3 nitrogen and oxygen atoms in total. The van der Waals surface area contributed by atoms with Gasteiger partial charge in [-0.2, -0.15) is 0 Å². The summed E-state index contributed by atoms with van der Waals surface area (Å²) in [5, 5.41) is 9.61. The molecule has 0 aliphatic carbocycles. The van der Waals surface area contributed by atoms with Crippen molar-refractivity contribution in [2.75, 3.05) is 13.1 Å². The molecule has 0 unspecified atom stereocenters. The molecule has 0 bridgehead atoms. The van der Waals surface area contributed by atoms with E-state index in [0.717, 1.165) is 0 Å². The van der Waals surface area contributed by atoms with Crippen LogP contribution in [-0.2, 0) is 0 Å². The van der Waals surface area contributed by atoms with Crippen LogP contribution in [0.3, 0.4) is 0 Å². The van der Waals surface area contributed by atoms with E-state index in [1.807, 2.05) is 6.92 Å². The highest BCUT2D eigenvalue weighted by atomic mass is 35.5. The molecule has 1 aromatic carbocycles. The van der Waals surface area contributed by atoms with E-state index in [1.165, 1.54) is 23.1 Å². The molecule has 0 fully saturated rings. The summed E-state index contributed by atoms with van der Waals surface area (Å²) < 4.78 is 0. The topological polar surface area (TPSA) is 40.5 Å². The second-order valence-corrected chi connectivity index (χ2v) is 3.59. The zero-order valence-electron chi connectivity index (χ0n) is 8.90. The van der Waals surface area contributed by atoms with Gasteiger partial charge in [-0.15, -0.1) is 6.42 Å². The lowest BCUT2D eigenvalue weighted by Crippen LogP contribution is -2.31. The largest absolute Gasteiger partial charge is 0.508 e. The van der Waals surface area contributed by atoms with Gasteiger partial charge in [-0.1, -0.05) is 17.5 Å². The van der Waals surface area contributed by atoms with E-state index >= 15 is 0 Å². The number of benzene rings is 1. The Kier molecular flexibility index (Phi) is 4.21. The van der Waals surface area contributed by atoms with Gasteiger partial charge in [0, 0.05) is 6.54 Å². The van der Waals surface area contributed by atoms with Gasteiger partial charge in [0.1, 0.15) is 5.75 Å². The third kappa shape index (κ3) is 2.68. The lowest BCUT2D eigenvalue weighted by atomic mass is 10.2. The van der Waals surface area contributed by atoms with Gasteiger partial charge < -0.3 is 10.0 Å². The van der Waals surface area contributed by atoms with Crippen LogP contribution in [0.25, 0.3) is 0 Å². The molecule has 4 heteroatoms. The number of carbonyl (C=O) groups excluding carboxylic acids is 1. The van der Waals surface area contributed by atoms with Crippen LogP contribution in [0.1, 0.15) is 17.3 Å². The third-order valence-corrected chi connectivity index (χ3v) is 2.46. The molecule has 0 saturated heterocycles. The molecule has 1 rings (SSSR count). The Morgan fingerprint density at radius 3 is 2.88 bits per heavy atom. The normalized spacial score (nSPS) is 9.56. The number of phenolic OH excluding ortho intramolecular Hbond substituents is 1. The van der Waals surface area contributed by atoms with Gasteiger partial charge in [0.15, 0.2) is 0 Å². The summed E-state index contributed by atoms with van der Waals surface area (Å²) >= 11 is 5.88. The number of amides is 1. The number of halogens is 1. The molecule has 0 spiro atoms. The zero-order valence-corrected chi connectivity index (χ0v) is 9.66. The molecule has 16 heavy (non-hydrogen) atoms. The first-order valence-corrected chi connectivity index (χ1v) is 5.19. The molecule has 84 valence electrons. The summed E-state index contributed by atoms with van der Waals surface area (Å²) in [4.78, 5) is 13.4. The van der Waals surface area contributed by atoms with E-state index < -0.39 is 0 Å².